The van der Waals surface area contributed by atoms with Crippen LogP contribution >= 0.6 is 0 Å². The van der Waals surface area contributed by atoms with Crippen LogP contribution in [0.1, 0.15) is 18.4 Å². The monoisotopic (exact) mass is 398 g/mol. The lowest BCUT2D eigenvalue weighted by Crippen LogP contribution is -2.23. The molecule has 2 aromatic rings. The van der Waals surface area contributed by atoms with Crippen molar-refractivity contribution >= 4 is 28.0 Å². The average molecular weight is 398 g/mol. The van der Waals surface area contributed by atoms with Crippen LogP contribution in [0.3, 0.4) is 0 Å². The minimum Gasteiger partial charge on any atom is -0.330 e. The van der Waals surface area contributed by atoms with Gasteiger partial charge in [0.1, 0.15) is 17.3 Å². The van der Waals surface area contributed by atoms with Crippen LogP contribution in [0.5, 0.6) is 0 Å². The van der Waals surface area contributed by atoms with Crippen LogP contribution in [0.2, 0.25) is 0 Å². The van der Waals surface area contributed by atoms with E-state index < -0.39 is 28.5 Å². The van der Waals surface area contributed by atoms with Crippen LogP contribution < -0.4 is 4.90 Å². The second kappa shape index (κ2) is 8.21. The van der Waals surface area contributed by atoms with Crippen LogP contribution in [0.25, 0.3) is 0 Å². The van der Waals surface area contributed by atoms with Gasteiger partial charge in [-0.1, -0.05) is 18.2 Å². The lowest BCUT2D eigenvalue weighted by atomic mass is 10.2. The first-order chi connectivity index (χ1) is 12.9. The van der Waals surface area contributed by atoms with Crippen molar-refractivity contribution in [1.29, 1.82) is 0 Å². The molecule has 3 nitrogen and oxygen atoms in total. The van der Waals surface area contributed by atoms with Crippen molar-refractivity contribution in [1.82, 2.24) is 0 Å². The Balaban J connectivity index is 1.98. The van der Waals surface area contributed by atoms with Gasteiger partial charge in [0.25, 0.3) is 6.43 Å². The summed E-state index contributed by atoms with van der Waals surface area (Å²) >= 11 is 0. The van der Waals surface area contributed by atoms with Gasteiger partial charge in [0, 0.05) is 23.5 Å². The average Bonchev–Trinajstić information content (AvgIpc) is 3.11. The molecule has 2 aromatic carbocycles. The first-order valence-corrected chi connectivity index (χ1v) is 9.63. The van der Waals surface area contributed by atoms with Gasteiger partial charge in [-0.15, -0.1) is 0 Å². The number of anilines is 1. The Bertz CT molecular complexity index is 874. The second-order valence-electron chi connectivity index (χ2n) is 6.17. The summed E-state index contributed by atoms with van der Waals surface area (Å²) in [6.45, 7) is 2.12. The molecule has 0 amide bonds. The number of benzene rings is 2. The summed E-state index contributed by atoms with van der Waals surface area (Å²) in [7, 11) is -2.60. The Labute approximate surface area is 157 Å². The van der Waals surface area contributed by atoms with E-state index in [2.05, 4.69) is 4.99 Å². The molecule has 1 saturated heterocycles. The quantitative estimate of drug-likeness (QED) is 0.654. The van der Waals surface area contributed by atoms with Crippen molar-refractivity contribution in [2.45, 2.75) is 36.6 Å². The predicted molar refractivity (Wildman–Crippen MR) is 98.6 cm³/mol. The van der Waals surface area contributed by atoms with Gasteiger partial charge in [0.15, 0.2) is 0 Å². The third kappa shape index (κ3) is 4.21. The van der Waals surface area contributed by atoms with Gasteiger partial charge in [0.05, 0.1) is 10.8 Å². The Morgan fingerprint density at radius 1 is 1.15 bits per heavy atom. The number of hydrogen-bond donors (Lipinski definition) is 0. The number of hydrogen-bond acceptors (Lipinski definition) is 2. The molecule has 0 bridgehead atoms. The molecule has 0 saturated carbocycles. The third-order valence-electron chi connectivity index (χ3n) is 4.27. The van der Waals surface area contributed by atoms with E-state index in [4.69, 9.17) is 0 Å². The van der Waals surface area contributed by atoms with E-state index in [0.29, 0.717) is 18.8 Å². The molecule has 3 rings (SSSR count). The van der Waals surface area contributed by atoms with Gasteiger partial charge >= 0.3 is 0 Å². The summed E-state index contributed by atoms with van der Waals surface area (Å²) in [4.78, 5) is 6.09. The highest BCUT2D eigenvalue weighted by molar-refractivity contribution is 7.85. The second-order valence-corrected chi connectivity index (χ2v) is 7.66. The molecule has 2 unspecified atom stereocenters. The normalized spacial score (nSPS) is 18.3. The summed E-state index contributed by atoms with van der Waals surface area (Å²) in [5.74, 6) is -0.0561. The molecule has 1 heterocycles. The van der Waals surface area contributed by atoms with Gasteiger partial charge in [-0.2, -0.15) is 0 Å². The van der Waals surface area contributed by atoms with E-state index in [0.717, 1.165) is 24.2 Å². The fourth-order valence-corrected chi connectivity index (χ4v) is 3.99. The zero-order chi connectivity index (χ0) is 19.6. The highest BCUT2D eigenvalue weighted by atomic mass is 32.2. The first kappa shape index (κ1) is 19.5. The molecular formula is C19H18F4N2OS. The zero-order valence-electron chi connectivity index (χ0n) is 14.5. The number of aryl methyl sites for hydroxylation is 1. The maximum atomic E-state index is 14.4. The number of alkyl halides is 3. The van der Waals surface area contributed by atoms with E-state index in [1.807, 2.05) is 35.2 Å². The van der Waals surface area contributed by atoms with Crippen LogP contribution in [-0.2, 0) is 10.8 Å². The fraction of sp³-hybridized carbons (Fsp3) is 0.316. The first-order valence-electron chi connectivity index (χ1n) is 8.41. The minimum absolute atomic E-state index is 0.136. The molecule has 27 heavy (non-hydrogen) atoms. The molecule has 8 heteroatoms. The smallest absolute Gasteiger partial charge is 0.281 e. The van der Waals surface area contributed by atoms with Gasteiger partial charge in [-0.3, -0.25) is 4.21 Å². The number of aliphatic imine (C=N–C) groups is 1. The minimum atomic E-state index is -3.38. The van der Waals surface area contributed by atoms with E-state index in [1.54, 1.807) is 0 Å². The molecular weight excluding hydrogens is 380 g/mol. The summed E-state index contributed by atoms with van der Waals surface area (Å²) in [5, 5.41) is 0. The van der Waals surface area contributed by atoms with Crippen molar-refractivity contribution in [2.24, 2.45) is 4.99 Å². The van der Waals surface area contributed by atoms with Crippen LogP contribution in [0.4, 0.5) is 28.9 Å². The molecule has 144 valence electrons. The van der Waals surface area contributed by atoms with Crippen molar-refractivity contribution in [3.05, 3.63) is 53.8 Å². The number of halogens is 4. The molecule has 1 aliphatic rings. The Hall–Kier alpha value is -2.22. The lowest BCUT2D eigenvalue weighted by Gasteiger charge is -2.19. The summed E-state index contributed by atoms with van der Waals surface area (Å²) < 4.78 is 65.1. The molecule has 0 aromatic heterocycles. The van der Waals surface area contributed by atoms with Gasteiger partial charge in [-0.25, -0.2) is 22.6 Å². The number of para-hydroxylation sites is 1. The lowest BCUT2D eigenvalue weighted by molar-refractivity contribution is 0.0928. The molecule has 0 radical (unpaired) electrons. The van der Waals surface area contributed by atoms with Crippen LogP contribution in [0.15, 0.2) is 52.4 Å². The van der Waals surface area contributed by atoms with Crippen LogP contribution in [-0.4, -0.2) is 28.5 Å². The van der Waals surface area contributed by atoms with E-state index in [-0.39, 0.29) is 16.1 Å². The highest BCUT2D eigenvalue weighted by Crippen LogP contribution is 2.30. The standard InChI is InChI=1S/C19H18F4N2OS/c1-12-10-14(20)15(11-16(12)27(26)19(23)18(21)22)24-17-8-5-9-25(17)13-6-3-2-4-7-13/h2-4,6-7,10-11,18-19H,5,8-9H2,1H3. The van der Waals surface area contributed by atoms with Crippen LogP contribution in [0, 0.1) is 12.7 Å². The molecule has 0 spiro atoms. The van der Waals surface area contributed by atoms with E-state index >= 15 is 0 Å². The Kier molecular flexibility index (Phi) is 5.94. The molecule has 1 fully saturated rings. The predicted octanol–water partition coefficient (Wildman–Crippen LogP) is 5.13. The Morgan fingerprint density at radius 3 is 2.52 bits per heavy atom. The molecule has 2 atom stereocenters. The van der Waals surface area contributed by atoms with Crippen molar-refractivity contribution < 1.29 is 21.8 Å². The van der Waals surface area contributed by atoms with Gasteiger partial charge in [0.2, 0.25) is 5.50 Å². The van der Waals surface area contributed by atoms with Gasteiger partial charge in [-0.05, 0) is 43.2 Å². The molecule has 0 N–H and O–H groups in total. The number of nitrogens with zero attached hydrogens (tertiary/aromatic N) is 2. The largest absolute Gasteiger partial charge is 0.330 e. The Morgan fingerprint density at radius 2 is 1.85 bits per heavy atom. The van der Waals surface area contributed by atoms with Gasteiger partial charge < -0.3 is 4.90 Å². The van der Waals surface area contributed by atoms with E-state index in [1.165, 1.54) is 6.92 Å². The summed E-state index contributed by atoms with van der Waals surface area (Å²) in [6.07, 6.45) is -1.94. The SMILES string of the molecule is Cc1cc(F)c(N=C2CCCN2c2ccccc2)cc1S(=O)C(F)C(F)F. The third-order valence-corrected chi connectivity index (χ3v) is 5.76. The van der Waals surface area contributed by atoms with Crippen molar-refractivity contribution in [3.8, 4) is 0 Å². The maximum Gasteiger partial charge on any atom is 0.281 e. The number of amidine groups is 1. The fourth-order valence-electron chi connectivity index (χ4n) is 2.96. The zero-order valence-corrected chi connectivity index (χ0v) is 15.4. The van der Waals surface area contributed by atoms with Crippen molar-refractivity contribution in [3.63, 3.8) is 0 Å². The summed E-state index contributed by atoms with van der Waals surface area (Å²) in [6, 6.07) is 11.6. The molecule has 1 aliphatic heterocycles. The molecule has 0 aliphatic carbocycles. The number of rotatable bonds is 5. The maximum absolute atomic E-state index is 14.4. The summed E-state index contributed by atoms with van der Waals surface area (Å²) in [5.41, 5.74) is -1.92. The topological polar surface area (TPSA) is 32.7 Å². The highest BCUT2D eigenvalue weighted by Gasteiger charge is 2.29. The van der Waals surface area contributed by atoms with Crippen molar-refractivity contribution in [2.75, 3.05) is 11.4 Å². The van der Waals surface area contributed by atoms with E-state index in [9.17, 15) is 21.8 Å².